The van der Waals surface area contributed by atoms with Gasteiger partial charge in [0.2, 0.25) is 0 Å². The number of rotatable bonds is 5. The largest absolute Gasteiger partial charge is 0.497 e. The van der Waals surface area contributed by atoms with E-state index in [1.807, 2.05) is 12.1 Å². The summed E-state index contributed by atoms with van der Waals surface area (Å²) in [4.78, 5) is 18.5. The average molecular weight is 260 g/mol. The van der Waals surface area contributed by atoms with Crippen LogP contribution < -0.4 is 9.47 Å². The summed E-state index contributed by atoms with van der Waals surface area (Å²) in [5, 5.41) is 8.72. The van der Waals surface area contributed by atoms with E-state index in [0.717, 1.165) is 0 Å². The fourth-order valence-electron chi connectivity index (χ4n) is 1.38. The molecule has 0 saturated heterocycles. The van der Waals surface area contributed by atoms with Crippen LogP contribution in [0.5, 0.6) is 11.5 Å². The predicted octanol–water partition coefficient (Wildman–Crippen LogP) is 1.76. The maximum absolute atomic E-state index is 10.6. The minimum Gasteiger partial charge on any atom is -0.497 e. The molecule has 0 bridgehead atoms. The van der Waals surface area contributed by atoms with Gasteiger partial charge in [-0.15, -0.1) is 0 Å². The van der Waals surface area contributed by atoms with Crippen molar-refractivity contribution >= 4 is 5.97 Å². The van der Waals surface area contributed by atoms with E-state index in [0.29, 0.717) is 17.3 Å². The molecule has 0 unspecified atom stereocenters. The van der Waals surface area contributed by atoms with Gasteiger partial charge in [-0.05, 0) is 12.1 Å². The first-order chi connectivity index (χ1) is 9.19. The SMILES string of the molecule is COc1cccc(OCc2ncc(C(=O)O)cn2)c1. The van der Waals surface area contributed by atoms with E-state index in [1.54, 1.807) is 19.2 Å². The molecule has 2 rings (SSSR count). The quantitative estimate of drug-likeness (QED) is 0.882. The molecule has 0 aliphatic carbocycles. The van der Waals surface area contributed by atoms with E-state index in [-0.39, 0.29) is 12.2 Å². The second-order valence-corrected chi connectivity index (χ2v) is 3.66. The van der Waals surface area contributed by atoms with Crippen molar-refractivity contribution in [3.05, 3.63) is 48.0 Å². The zero-order valence-electron chi connectivity index (χ0n) is 10.2. The van der Waals surface area contributed by atoms with Crippen LogP contribution in [-0.2, 0) is 6.61 Å². The maximum atomic E-state index is 10.6. The third-order valence-corrected chi connectivity index (χ3v) is 2.36. The molecule has 0 aliphatic rings. The highest BCUT2D eigenvalue weighted by molar-refractivity contribution is 5.86. The number of ether oxygens (including phenoxy) is 2. The van der Waals surface area contributed by atoms with Crippen molar-refractivity contribution in [2.45, 2.75) is 6.61 Å². The zero-order chi connectivity index (χ0) is 13.7. The van der Waals surface area contributed by atoms with Gasteiger partial charge in [0.1, 0.15) is 18.1 Å². The smallest absolute Gasteiger partial charge is 0.338 e. The van der Waals surface area contributed by atoms with Gasteiger partial charge in [-0.3, -0.25) is 0 Å². The summed E-state index contributed by atoms with van der Waals surface area (Å²) in [6.07, 6.45) is 2.50. The molecule has 1 aromatic carbocycles. The minimum absolute atomic E-state index is 0.0464. The number of carbonyl (C=O) groups is 1. The van der Waals surface area contributed by atoms with E-state index in [9.17, 15) is 4.79 Å². The number of nitrogens with zero attached hydrogens (tertiary/aromatic N) is 2. The Bertz CT molecular complexity index is 569. The molecule has 0 spiro atoms. The molecule has 6 nitrogen and oxygen atoms in total. The number of benzene rings is 1. The van der Waals surface area contributed by atoms with Gasteiger partial charge in [0, 0.05) is 18.5 Å². The van der Waals surface area contributed by atoms with E-state index in [4.69, 9.17) is 14.6 Å². The number of methoxy groups -OCH3 is 1. The lowest BCUT2D eigenvalue weighted by atomic mass is 10.3. The van der Waals surface area contributed by atoms with Crippen molar-refractivity contribution in [3.8, 4) is 11.5 Å². The molecule has 1 heterocycles. The summed E-state index contributed by atoms with van der Waals surface area (Å²) in [5.74, 6) is 0.679. The third kappa shape index (κ3) is 3.41. The standard InChI is InChI=1S/C13H12N2O4/c1-18-10-3-2-4-11(5-10)19-8-12-14-6-9(7-15-12)13(16)17/h2-7H,8H2,1H3,(H,16,17). The molecule has 0 amide bonds. The molecule has 0 saturated carbocycles. The lowest BCUT2D eigenvalue weighted by Crippen LogP contribution is -2.04. The van der Waals surface area contributed by atoms with Gasteiger partial charge in [0.25, 0.3) is 0 Å². The Labute approximate surface area is 109 Å². The molecular formula is C13H12N2O4. The Hall–Kier alpha value is -2.63. The van der Waals surface area contributed by atoms with Crippen molar-refractivity contribution in [3.63, 3.8) is 0 Å². The maximum Gasteiger partial charge on any atom is 0.338 e. The van der Waals surface area contributed by atoms with Crippen LogP contribution in [0.3, 0.4) is 0 Å². The van der Waals surface area contributed by atoms with Crippen LogP contribution >= 0.6 is 0 Å². The topological polar surface area (TPSA) is 81.5 Å². The van der Waals surface area contributed by atoms with E-state index < -0.39 is 5.97 Å². The molecule has 1 aromatic heterocycles. The number of hydrogen-bond acceptors (Lipinski definition) is 5. The van der Waals surface area contributed by atoms with E-state index in [2.05, 4.69) is 9.97 Å². The predicted molar refractivity (Wildman–Crippen MR) is 66.3 cm³/mol. The number of aromatic nitrogens is 2. The van der Waals surface area contributed by atoms with Crippen molar-refractivity contribution in [2.24, 2.45) is 0 Å². The minimum atomic E-state index is -1.06. The van der Waals surface area contributed by atoms with Gasteiger partial charge in [-0.2, -0.15) is 0 Å². The van der Waals surface area contributed by atoms with Crippen LogP contribution in [0, 0.1) is 0 Å². The fourth-order valence-corrected chi connectivity index (χ4v) is 1.38. The second kappa shape index (κ2) is 5.81. The highest BCUT2D eigenvalue weighted by atomic mass is 16.5. The van der Waals surface area contributed by atoms with Crippen LogP contribution in [0.15, 0.2) is 36.7 Å². The fraction of sp³-hybridized carbons (Fsp3) is 0.154. The molecule has 1 N–H and O–H groups in total. The molecule has 0 radical (unpaired) electrons. The lowest BCUT2D eigenvalue weighted by molar-refractivity contribution is 0.0695. The van der Waals surface area contributed by atoms with Crippen LogP contribution in [-0.4, -0.2) is 28.2 Å². The Morgan fingerprint density at radius 2 is 1.95 bits per heavy atom. The molecule has 2 aromatic rings. The van der Waals surface area contributed by atoms with Crippen LogP contribution in [0.4, 0.5) is 0 Å². The normalized spacial score (nSPS) is 9.95. The summed E-state index contributed by atoms with van der Waals surface area (Å²) in [6.45, 7) is 0.160. The van der Waals surface area contributed by atoms with Crippen molar-refractivity contribution in [1.82, 2.24) is 9.97 Å². The molecule has 98 valence electrons. The molecule has 0 aliphatic heterocycles. The summed E-state index contributed by atoms with van der Waals surface area (Å²) < 4.78 is 10.6. The lowest BCUT2D eigenvalue weighted by Gasteiger charge is -2.06. The Balaban J connectivity index is 1.99. The summed E-state index contributed by atoms with van der Waals surface area (Å²) >= 11 is 0. The van der Waals surface area contributed by atoms with Gasteiger partial charge in [-0.25, -0.2) is 14.8 Å². The molecular weight excluding hydrogens is 248 g/mol. The van der Waals surface area contributed by atoms with Crippen molar-refractivity contribution in [2.75, 3.05) is 7.11 Å². The number of carboxylic acids is 1. The molecule has 6 heteroatoms. The molecule has 0 atom stereocenters. The summed E-state index contributed by atoms with van der Waals surface area (Å²) in [7, 11) is 1.58. The zero-order valence-corrected chi connectivity index (χ0v) is 10.2. The first-order valence-corrected chi connectivity index (χ1v) is 5.50. The first kappa shape index (κ1) is 12.8. The van der Waals surface area contributed by atoms with Gasteiger partial charge in [0.05, 0.1) is 12.7 Å². The third-order valence-electron chi connectivity index (χ3n) is 2.36. The highest BCUT2D eigenvalue weighted by Crippen LogP contribution is 2.19. The summed E-state index contributed by atoms with van der Waals surface area (Å²) in [5.41, 5.74) is 0.0464. The van der Waals surface area contributed by atoms with Crippen LogP contribution in [0.2, 0.25) is 0 Å². The Morgan fingerprint density at radius 1 is 1.26 bits per heavy atom. The number of hydrogen-bond donors (Lipinski definition) is 1. The monoisotopic (exact) mass is 260 g/mol. The average Bonchev–Trinajstić information content (AvgIpc) is 2.46. The van der Waals surface area contributed by atoms with Crippen molar-refractivity contribution in [1.29, 1.82) is 0 Å². The molecule has 0 fully saturated rings. The van der Waals surface area contributed by atoms with Crippen LogP contribution in [0.25, 0.3) is 0 Å². The van der Waals surface area contributed by atoms with Gasteiger partial charge in [-0.1, -0.05) is 6.07 Å². The first-order valence-electron chi connectivity index (χ1n) is 5.50. The van der Waals surface area contributed by atoms with Crippen molar-refractivity contribution < 1.29 is 19.4 Å². The van der Waals surface area contributed by atoms with E-state index >= 15 is 0 Å². The van der Waals surface area contributed by atoms with Gasteiger partial charge < -0.3 is 14.6 Å². The van der Waals surface area contributed by atoms with Gasteiger partial charge >= 0.3 is 5.97 Å². The summed E-state index contributed by atoms with van der Waals surface area (Å²) in [6, 6.07) is 7.15. The van der Waals surface area contributed by atoms with E-state index in [1.165, 1.54) is 12.4 Å². The van der Waals surface area contributed by atoms with Gasteiger partial charge in [0.15, 0.2) is 5.82 Å². The van der Waals surface area contributed by atoms with Crippen LogP contribution in [0.1, 0.15) is 16.2 Å². The second-order valence-electron chi connectivity index (χ2n) is 3.66. The number of aromatic carboxylic acids is 1. The Morgan fingerprint density at radius 3 is 2.58 bits per heavy atom. The highest BCUT2D eigenvalue weighted by Gasteiger charge is 2.05. The number of carboxylic acid groups (broad SMARTS) is 1. The Kier molecular flexibility index (Phi) is 3.92. The molecule has 19 heavy (non-hydrogen) atoms.